The third kappa shape index (κ3) is 3.37. The van der Waals surface area contributed by atoms with Crippen LogP contribution in [0.25, 0.3) is 0 Å². The maximum atomic E-state index is 12.3. The highest BCUT2D eigenvalue weighted by atomic mass is 16.2. The van der Waals surface area contributed by atoms with Crippen LogP contribution in [-0.4, -0.2) is 64.5 Å². The lowest BCUT2D eigenvalue weighted by atomic mass is 10.2. The summed E-state index contributed by atoms with van der Waals surface area (Å²) in [5.41, 5.74) is 6.00. The van der Waals surface area contributed by atoms with Crippen molar-refractivity contribution in [3.63, 3.8) is 0 Å². The zero-order chi connectivity index (χ0) is 14.5. The number of imidazole rings is 1. The number of likely N-dealkylation sites (tertiary alicyclic amines) is 1. The van der Waals surface area contributed by atoms with Crippen LogP contribution in [0.5, 0.6) is 0 Å². The molecule has 1 aromatic heterocycles. The molecule has 0 aromatic carbocycles. The highest BCUT2D eigenvalue weighted by molar-refractivity contribution is 5.91. The summed E-state index contributed by atoms with van der Waals surface area (Å²) in [6.45, 7) is 6.39. The first-order valence-corrected chi connectivity index (χ1v) is 7.37. The van der Waals surface area contributed by atoms with E-state index in [0.717, 1.165) is 19.6 Å². The SMILES string of the molecule is CCN1CCCC1CN(C)C(=O)c1cn(CCN)cn1. The molecule has 0 radical (unpaired) electrons. The van der Waals surface area contributed by atoms with Gasteiger partial charge in [0.1, 0.15) is 5.69 Å². The van der Waals surface area contributed by atoms with Crippen molar-refractivity contribution in [1.82, 2.24) is 19.4 Å². The molecule has 1 aromatic rings. The van der Waals surface area contributed by atoms with E-state index in [0.29, 0.717) is 24.8 Å². The van der Waals surface area contributed by atoms with Gasteiger partial charge in [-0.25, -0.2) is 4.98 Å². The number of likely N-dealkylation sites (N-methyl/N-ethyl adjacent to an activating group) is 2. The van der Waals surface area contributed by atoms with Gasteiger partial charge in [-0.3, -0.25) is 9.69 Å². The Morgan fingerprint density at radius 1 is 1.60 bits per heavy atom. The van der Waals surface area contributed by atoms with Gasteiger partial charge in [-0.2, -0.15) is 0 Å². The molecule has 1 amide bonds. The van der Waals surface area contributed by atoms with Crippen LogP contribution in [0.3, 0.4) is 0 Å². The first-order valence-electron chi connectivity index (χ1n) is 7.37. The number of carbonyl (C=O) groups is 1. The predicted molar refractivity (Wildman–Crippen MR) is 78.5 cm³/mol. The van der Waals surface area contributed by atoms with Crippen LogP contribution in [0.2, 0.25) is 0 Å². The molecule has 6 nitrogen and oxygen atoms in total. The van der Waals surface area contributed by atoms with E-state index in [-0.39, 0.29) is 5.91 Å². The second-order valence-corrected chi connectivity index (χ2v) is 5.40. The fourth-order valence-electron chi connectivity index (χ4n) is 2.85. The van der Waals surface area contributed by atoms with E-state index in [2.05, 4.69) is 16.8 Å². The van der Waals surface area contributed by atoms with Crippen molar-refractivity contribution >= 4 is 5.91 Å². The topological polar surface area (TPSA) is 67.4 Å². The van der Waals surface area contributed by atoms with E-state index in [4.69, 9.17) is 5.73 Å². The quantitative estimate of drug-likeness (QED) is 0.818. The fraction of sp³-hybridized carbons (Fsp3) is 0.714. The largest absolute Gasteiger partial charge is 0.339 e. The Morgan fingerprint density at radius 3 is 3.10 bits per heavy atom. The Morgan fingerprint density at radius 2 is 2.40 bits per heavy atom. The summed E-state index contributed by atoms with van der Waals surface area (Å²) in [7, 11) is 1.86. The molecule has 0 bridgehead atoms. The van der Waals surface area contributed by atoms with E-state index in [1.165, 1.54) is 12.8 Å². The van der Waals surface area contributed by atoms with E-state index in [9.17, 15) is 4.79 Å². The molecule has 0 aliphatic carbocycles. The van der Waals surface area contributed by atoms with Gasteiger partial charge in [-0.05, 0) is 25.9 Å². The van der Waals surface area contributed by atoms with E-state index in [1.54, 1.807) is 17.4 Å². The zero-order valence-electron chi connectivity index (χ0n) is 12.5. The third-order valence-corrected chi connectivity index (χ3v) is 3.98. The second-order valence-electron chi connectivity index (χ2n) is 5.40. The van der Waals surface area contributed by atoms with Crippen molar-refractivity contribution in [2.75, 3.05) is 33.2 Å². The van der Waals surface area contributed by atoms with Gasteiger partial charge in [0.05, 0.1) is 6.33 Å². The van der Waals surface area contributed by atoms with Gasteiger partial charge in [-0.1, -0.05) is 6.92 Å². The predicted octanol–water partition coefficient (Wildman–Crippen LogP) is 0.398. The summed E-state index contributed by atoms with van der Waals surface area (Å²) in [5, 5.41) is 0. The first-order chi connectivity index (χ1) is 9.65. The molecule has 1 atom stereocenters. The second kappa shape index (κ2) is 6.85. The average molecular weight is 279 g/mol. The van der Waals surface area contributed by atoms with Gasteiger partial charge in [-0.15, -0.1) is 0 Å². The molecule has 112 valence electrons. The van der Waals surface area contributed by atoms with Crippen molar-refractivity contribution in [2.45, 2.75) is 32.4 Å². The fourth-order valence-corrected chi connectivity index (χ4v) is 2.85. The van der Waals surface area contributed by atoms with Gasteiger partial charge in [0.2, 0.25) is 0 Å². The Labute approximate surface area is 120 Å². The minimum atomic E-state index is -0.0104. The molecule has 6 heteroatoms. The van der Waals surface area contributed by atoms with Gasteiger partial charge in [0.25, 0.3) is 5.91 Å². The van der Waals surface area contributed by atoms with Crippen LogP contribution in [-0.2, 0) is 6.54 Å². The highest BCUT2D eigenvalue weighted by Crippen LogP contribution is 2.17. The van der Waals surface area contributed by atoms with E-state index >= 15 is 0 Å². The van der Waals surface area contributed by atoms with Crippen LogP contribution in [0, 0.1) is 0 Å². The smallest absolute Gasteiger partial charge is 0.273 e. The van der Waals surface area contributed by atoms with Crippen LogP contribution >= 0.6 is 0 Å². The van der Waals surface area contributed by atoms with Crippen molar-refractivity contribution in [2.24, 2.45) is 5.73 Å². The van der Waals surface area contributed by atoms with Crippen molar-refractivity contribution < 1.29 is 4.79 Å². The minimum absolute atomic E-state index is 0.0104. The number of carbonyl (C=O) groups excluding carboxylic acids is 1. The molecule has 1 aliphatic heterocycles. The lowest BCUT2D eigenvalue weighted by Crippen LogP contribution is -2.41. The third-order valence-electron chi connectivity index (χ3n) is 3.98. The number of nitrogens with two attached hydrogens (primary N) is 1. The van der Waals surface area contributed by atoms with Gasteiger partial charge in [0, 0.05) is 38.9 Å². The number of amides is 1. The maximum absolute atomic E-state index is 12.3. The van der Waals surface area contributed by atoms with Crippen LogP contribution < -0.4 is 5.73 Å². The van der Waals surface area contributed by atoms with E-state index in [1.807, 2.05) is 11.6 Å². The zero-order valence-corrected chi connectivity index (χ0v) is 12.5. The summed E-state index contributed by atoms with van der Waals surface area (Å²) in [5.74, 6) is -0.0104. The summed E-state index contributed by atoms with van der Waals surface area (Å²) in [6.07, 6.45) is 5.85. The molecule has 2 rings (SSSR count). The monoisotopic (exact) mass is 279 g/mol. The van der Waals surface area contributed by atoms with Crippen molar-refractivity contribution in [3.8, 4) is 0 Å². The van der Waals surface area contributed by atoms with E-state index < -0.39 is 0 Å². The minimum Gasteiger partial charge on any atom is -0.339 e. The van der Waals surface area contributed by atoms with Crippen LogP contribution in [0.4, 0.5) is 0 Å². The molecule has 0 saturated carbocycles. The van der Waals surface area contributed by atoms with Crippen molar-refractivity contribution in [3.05, 3.63) is 18.2 Å². The molecule has 2 N–H and O–H groups in total. The molecule has 20 heavy (non-hydrogen) atoms. The molecule has 0 spiro atoms. The Balaban J connectivity index is 1.93. The normalized spacial score (nSPS) is 19.4. The molecular weight excluding hydrogens is 254 g/mol. The molecular formula is C14H25N5O. The summed E-state index contributed by atoms with van der Waals surface area (Å²) >= 11 is 0. The standard InChI is InChI=1S/C14H25N5O/c1-3-19-7-4-5-12(19)9-17(2)14(20)13-10-18(8-6-15)11-16-13/h10-12H,3-9,15H2,1-2H3. The highest BCUT2D eigenvalue weighted by Gasteiger charge is 2.26. The van der Waals surface area contributed by atoms with Crippen LogP contribution in [0.1, 0.15) is 30.3 Å². The summed E-state index contributed by atoms with van der Waals surface area (Å²) in [6, 6.07) is 0.486. The van der Waals surface area contributed by atoms with Crippen molar-refractivity contribution in [1.29, 1.82) is 0 Å². The molecule has 1 fully saturated rings. The number of hydrogen-bond donors (Lipinski definition) is 1. The summed E-state index contributed by atoms with van der Waals surface area (Å²) < 4.78 is 1.86. The maximum Gasteiger partial charge on any atom is 0.273 e. The van der Waals surface area contributed by atoms with Gasteiger partial charge < -0.3 is 15.2 Å². The molecule has 2 heterocycles. The Bertz CT molecular complexity index is 445. The van der Waals surface area contributed by atoms with Gasteiger partial charge >= 0.3 is 0 Å². The molecule has 1 saturated heterocycles. The lowest BCUT2D eigenvalue weighted by molar-refractivity contribution is 0.0749. The number of hydrogen-bond acceptors (Lipinski definition) is 4. The Kier molecular flexibility index (Phi) is 5.14. The Hall–Kier alpha value is -1.40. The molecule has 1 aliphatic rings. The number of rotatable bonds is 6. The molecule has 1 unspecified atom stereocenters. The summed E-state index contributed by atoms with van der Waals surface area (Å²) in [4.78, 5) is 20.7. The number of nitrogens with zero attached hydrogens (tertiary/aromatic N) is 4. The lowest BCUT2D eigenvalue weighted by Gasteiger charge is -2.27. The van der Waals surface area contributed by atoms with Crippen LogP contribution in [0.15, 0.2) is 12.5 Å². The number of aromatic nitrogens is 2. The van der Waals surface area contributed by atoms with Gasteiger partial charge in [0.15, 0.2) is 0 Å². The first kappa shape index (κ1) is 15.0. The average Bonchev–Trinajstić information content (AvgIpc) is 3.07.